The molecule has 1 amide bonds. The molecule has 1 heterocycles. The highest BCUT2D eigenvalue weighted by atomic mass is 32.2. The standard InChI is InChI=1S/C31H42N2O5S/c1-22-9-6-7-13-26(22)28-20-24(21-33-17-8-12-25(33)19-23-10-4-3-5-11-23)14-15-27(28)30(34)32-29(31(35)36)16-18-39(2,37)38/h6-7,9,13-15,20,23,25,29H,3-5,8,10-12,16-19,21H2,1-2H3,(H,32,34)(H,35,36). The van der Waals surface area contributed by atoms with Crippen LogP contribution in [0.3, 0.4) is 0 Å². The van der Waals surface area contributed by atoms with E-state index in [4.69, 9.17) is 0 Å². The Balaban J connectivity index is 1.57. The molecule has 1 aliphatic heterocycles. The van der Waals surface area contributed by atoms with Crippen molar-refractivity contribution in [3.05, 3.63) is 59.2 Å². The highest BCUT2D eigenvalue weighted by Gasteiger charge is 2.29. The number of benzene rings is 2. The minimum absolute atomic E-state index is 0.185. The molecule has 0 bridgehead atoms. The number of amides is 1. The summed E-state index contributed by atoms with van der Waals surface area (Å²) < 4.78 is 23.2. The van der Waals surface area contributed by atoms with Gasteiger partial charge in [-0.25, -0.2) is 13.2 Å². The van der Waals surface area contributed by atoms with Gasteiger partial charge in [0, 0.05) is 24.4 Å². The first kappa shape index (κ1) is 29.3. The Morgan fingerprint density at radius 2 is 1.77 bits per heavy atom. The summed E-state index contributed by atoms with van der Waals surface area (Å²) in [6.07, 6.45) is 11.4. The smallest absolute Gasteiger partial charge is 0.326 e. The van der Waals surface area contributed by atoms with Crippen molar-refractivity contribution in [3.63, 3.8) is 0 Å². The fourth-order valence-electron chi connectivity index (χ4n) is 6.22. The number of sulfone groups is 1. The second kappa shape index (κ2) is 13.1. The lowest BCUT2D eigenvalue weighted by molar-refractivity contribution is -0.139. The van der Waals surface area contributed by atoms with Crippen molar-refractivity contribution in [2.45, 2.75) is 83.3 Å². The summed E-state index contributed by atoms with van der Waals surface area (Å²) in [5.74, 6) is -1.25. The average Bonchev–Trinajstić information content (AvgIpc) is 3.32. The molecule has 2 N–H and O–H groups in total. The number of aryl methyl sites for hydroxylation is 1. The van der Waals surface area contributed by atoms with E-state index in [1.807, 2.05) is 37.3 Å². The van der Waals surface area contributed by atoms with Crippen LogP contribution in [-0.2, 0) is 21.2 Å². The van der Waals surface area contributed by atoms with Crippen molar-refractivity contribution in [2.75, 3.05) is 18.6 Å². The number of carboxylic acids is 1. The molecule has 2 atom stereocenters. The van der Waals surface area contributed by atoms with Gasteiger partial charge in [0.2, 0.25) is 0 Å². The Bertz CT molecular complexity index is 1270. The Kier molecular flexibility index (Phi) is 9.83. The first-order chi connectivity index (χ1) is 18.6. The Morgan fingerprint density at radius 1 is 1.03 bits per heavy atom. The van der Waals surface area contributed by atoms with Crippen LogP contribution in [0, 0.1) is 12.8 Å². The van der Waals surface area contributed by atoms with Crippen LogP contribution in [0.4, 0.5) is 0 Å². The normalized spacial score (nSPS) is 19.6. The van der Waals surface area contributed by atoms with Gasteiger partial charge in [-0.05, 0) is 79.5 Å². The van der Waals surface area contributed by atoms with Crippen molar-refractivity contribution in [2.24, 2.45) is 5.92 Å². The van der Waals surface area contributed by atoms with Gasteiger partial charge in [-0.3, -0.25) is 9.69 Å². The van der Waals surface area contributed by atoms with Gasteiger partial charge in [0.05, 0.1) is 5.75 Å². The van der Waals surface area contributed by atoms with Crippen molar-refractivity contribution in [1.82, 2.24) is 10.2 Å². The molecule has 1 saturated heterocycles. The summed E-state index contributed by atoms with van der Waals surface area (Å²) in [6.45, 7) is 3.90. The van der Waals surface area contributed by atoms with Crippen LogP contribution in [0.25, 0.3) is 11.1 Å². The summed E-state index contributed by atoms with van der Waals surface area (Å²) in [4.78, 5) is 27.8. The number of aliphatic carboxylic acids is 1. The molecule has 2 unspecified atom stereocenters. The summed E-state index contributed by atoms with van der Waals surface area (Å²) in [5.41, 5.74) is 4.23. The van der Waals surface area contributed by atoms with E-state index in [-0.39, 0.29) is 12.2 Å². The number of nitrogens with zero attached hydrogens (tertiary/aromatic N) is 1. The molecular formula is C31H42N2O5S. The number of rotatable bonds is 11. The average molecular weight is 555 g/mol. The maximum absolute atomic E-state index is 13.4. The SMILES string of the molecule is Cc1ccccc1-c1cc(CN2CCCC2CC2CCCCC2)ccc1C(=O)NC(CCS(C)(=O)=O)C(=O)O. The van der Waals surface area contributed by atoms with E-state index in [0.29, 0.717) is 11.6 Å². The molecular weight excluding hydrogens is 512 g/mol. The number of likely N-dealkylation sites (tertiary alicyclic amines) is 1. The summed E-state index contributed by atoms with van der Waals surface area (Å²) in [6, 6.07) is 13.0. The minimum Gasteiger partial charge on any atom is -0.480 e. The zero-order chi connectivity index (χ0) is 28.0. The molecule has 7 nitrogen and oxygen atoms in total. The lowest BCUT2D eigenvalue weighted by Gasteiger charge is -2.30. The molecule has 39 heavy (non-hydrogen) atoms. The number of hydrogen-bond donors (Lipinski definition) is 2. The predicted molar refractivity (Wildman–Crippen MR) is 154 cm³/mol. The van der Waals surface area contributed by atoms with Gasteiger partial charge in [-0.15, -0.1) is 0 Å². The summed E-state index contributed by atoms with van der Waals surface area (Å²) in [7, 11) is -3.36. The molecule has 8 heteroatoms. The molecule has 2 aromatic rings. The monoisotopic (exact) mass is 554 g/mol. The molecule has 2 fully saturated rings. The highest BCUT2D eigenvalue weighted by Crippen LogP contribution is 2.34. The van der Waals surface area contributed by atoms with Crippen LogP contribution < -0.4 is 5.32 Å². The van der Waals surface area contributed by atoms with Gasteiger partial charge >= 0.3 is 5.97 Å². The molecule has 0 spiro atoms. The maximum Gasteiger partial charge on any atom is 0.326 e. The van der Waals surface area contributed by atoms with Gasteiger partial charge in [0.15, 0.2) is 0 Å². The number of carboxylic acid groups (broad SMARTS) is 1. The Morgan fingerprint density at radius 3 is 2.46 bits per heavy atom. The quantitative estimate of drug-likeness (QED) is 0.395. The number of carbonyl (C=O) groups is 2. The molecule has 1 aliphatic carbocycles. The molecule has 2 aromatic carbocycles. The molecule has 2 aliphatic rings. The highest BCUT2D eigenvalue weighted by molar-refractivity contribution is 7.90. The molecule has 4 rings (SSSR count). The summed E-state index contributed by atoms with van der Waals surface area (Å²) >= 11 is 0. The Hall–Kier alpha value is -2.71. The predicted octanol–water partition coefficient (Wildman–Crippen LogP) is 5.21. The third-order valence-electron chi connectivity index (χ3n) is 8.36. The third-order valence-corrected chi connectivity index (χ3v) is 9.34. The number of nitrogens with one attached hydrogen (secondary N) is 1. The van der Waals surface area contributed by atoms with E-state index in [1.54, 1.807) is 6.07 Å². The van der Waals surface area contributed by atoms with Crippen LogP contribution in [-0.4, -0.2) is 60.9 Å². The van der Waals surface area contributed by atoms with Crippen LogP contribution in [0.1, 0.15) is 79.3 Å². The summed E-state index contributed by atoms with van der Waals surface area (Å²) in [5, 5.41) is 12.2. The van der Waals surface area contributed by atoms with Crippen LogP contribution in [0.5, 0.6) is 0 Å². The Labute approximate surface area is 232 Å². The lowest BCUT2D eigenvalue weighted by Crippen LogP contribution is -2.42. The van der Waals surface area contributed by atoms with Gasteiger partial charge < -0.3 is 10.4 Å². The topological polar surface area (TPSA) is 104 Å². The van der Waals surface area contributed by atoms with Crippen molar-refractivity contribution < 1.29 is 23.1 Å². The van der Waals surface area contributed by atoms with Gasteiger partial charge in [0.1, 0.15) is 15.9 Å². The van der Waals surface area contributed by atoms with Gasteiger partial charge in [0.25, 0.3) is 5.91 Å². The van der Waals surface area contributed by atoms with Gasteiger partial charge in [-0.2, -0.15) is 0 Å². The molecule has 0 aromatic heterocycles. The molecule has 212 valence electrons. The molecule has 1 saturated carbocycles. The second-order valence-electron chi connectivity index (χ2n) is 11.5. The largest absolute Gasteiger partial charge is 0.480 e. The number of hydrogen-bond acceptors (Lipinski definition) is 5. The van der Waals surface area contributed by atoms with E-state index in [0.717, 1.165) is 47.5 Å². The van der Waals surface area contributed by atoms with Crippen LogP contribution >= 0.6 is 0 Å². The number of carbonyl (C=O) groups excluding carboxylic acids is 1. The van der Waals surface area contributed by atoms with Crippen molar-refractivity contribution in [1.29, 1.82) is 0 Å². The zero-order valence-electron chi connectivity index (χ0n) is 23.2. The van der Waals surface area contributed by atoms with Crippen molar-refractivity contribution >= 4 is 21.7 Å². The fraction of sp³-hybridized carbons (Fsp3) is 0.548. The molecule has 0 radical (unpaired) electrons. The first-order valence-corrected chi connectivity index (χ1v) is 16.3. The zero-order valence-corrected chi connectivity index (χ0v) is 24.0. The maximum atomic E-state index is 13.4. The van der Waals surface area contributed by atoms with E-state index in [1.165, 1.54) is 51.4 Å². The minimum atomic E-state index is -3.36. The van der Waals surface area contributed by atoms with E-state index < -0.39 is 27.8 Å². The van der Waals surface area contributed by atoms with Gasteiger partial charge in [-0.1, -0.05) is 62.4 Å². The van der Waals surface area contributed by atoms with E-state index >= 15 is 0 Å². The fourth-order valence-corrected chi connectivity index (χ4v) is 6.89. The second-order valence-corrected chi connectivity index (χ2v) is 13.7. The van der Waals surface area contributed by atoms with Crippen molar-refractivity contribution in [3.8, 4) is 11.1 Å². The van der Waals surface area contributed by atoms with Crippen LogP contribution in [0.2, 0.25) is 0 Å². The lowest BCUT2D eigenvalue weighted by atomic mass is 9.84. The van der Waals surface area contributed by atoms with E-state index in [2.05, 4.69) is 16.3 Å². The van der Waals surface area contributed by atoms with Crippen LogP contribution in [0.15, 0.2) is 42.5 Å². The van der Waals surface area contributed by atoms with E-state index in [9.17, 15) is 23.1 Å². The third kappa shape index (κ3) is 8.15. The first-order valence-electron chi connectivity index (χ1n) is 14.2.